The molecule has 1 saturated heterocycles. The number of rotatable bonds is 6. The van der Waals surface area contributed by atoms with Crippen molar-refractivity contribution in [3.63, 3.8) is 0 Å². The van der Waals surface area contributed by atoms with Gasteiger partial charge in [-0.2, -0.15) is 0 Å². The van der Waals surface area contributed by atoms with E-state index >= 15 is 0 Å². The highest BCUT2D eigenvalue weighted by Gasteiger charge is 2.26. The molecule has 0 bridgehead atoms. The SMILES string of the molecule is COc1cccc(N2CCN(C(C)C(=O)Nc3ccc(S(N)(=O)=O)cc3)CC2)c1. The minimum absolute atomic E-state index is 0.0113. The zero-order valence-corrected chi connectivity index (χ0v) is 17.4. The van der Waals surface area contributed by atoms with Crippen molar-refractivity contribution in [2.45, 2.75) is 17.9 Å². The second-order valence-electron chi connectivity index (χ2n) is 6.96. The van der Waals surface area contributed by atoms with Crippen molar-refractivity contribution < 1.29 is 17.9 Å². The summed E-state index contributed by atoms with van der Waals surface area (Å²) in [5, 5.41) is 7.92. The molecule has 9 heteroatoms. The number of benzene rings is 2. The summed E-state index contributed by atoms with van der Waals surface area (Å²) < 4.78 is 27.9. The van der Waals surface area contributed by atoms with Crippen LogP contribution in [0.4, 0.5) is 11.4 Å². The summed E-state index contributed by atoms with van der Waals surface area (Å²) in [4.78, 5) is 17.0. The number of anilines is 2. The van der Waals surface area contributed by atoms with E-state index in [1.54, 1.807) is 7.11 Å². The predicted molar refractivity (Wildman–Crippen MR) is 113 cm³/mol. The Morgan fingerprint density at radius 1 is 1.10 bits per heavy atom. The second kappa shape index (κ2) is 8.81. The number of piperazine rings is 1. The molecule has 1 fully saturated rings. The maximum absolute atomic E-state index is 12.6. The fourth-order valence-electron chi connectivity index (χ4n) is 3.32. The van der Waals surface area contributed by atoms with Crippen LogP contribution in [0.15, 0.2) is 53.4 Å². The Bertz CT molecular complexity index is 955. The van der Waals surface area contributed by atoms with Gasteiger partial charge in [0, 0.05) is 43.6 Å². The highest BCUT2D eigenvalue weighted by molar-refractivity contribution is 7.89. The Kier molecular flexibility index (Phi) is 6.41. The molecular formula is C20H26N4O4S. The highest BCUT2D eigenvalue weighted by atomic mass is 32.2. The Morgan fingerprint density at radius 3 is 2.34 bits per heavy atom. The van der Waals surface area contributed by atoms with Gasteiger partial charge in [-0.1, -0.05) is 6.07 Å². The van der Waals surface area contributed by atoms with Crippen LogP contribution in [0.25, 0.3) is 0 Å². The molecule has 8 nitrogen and oxygen atoms in total. The van der Waals surface area contributed by atoms with E-state index in [2.05, 4.69) is 21.2 Å². The van der Waals surface area contributed by atoms with Crippen molar-refractivity contribution in [2.75, 3.05) is 43.5 Å². The van der Waals surface area contributed by atoms with Gasteiger partial charge in [0.15, 0.2) is 0 Å². The van der Waals surface area contributed by atoms with Crippen molar-refractivity contribution >= 4 is 27.3 Å². The second-order valence-corrected chi connectivity index (χ2v) is 8.52. The van der Waals surface area contributed by atoms with Crippen LogP contribution < -0.4 is 20.1 Å². The maximum atomic E-state index is 12.6. The van der Waals surface area contributed by atoms with Gasteiger partial charge < -0.3 is 15.0 Å². The first kappa shape index (κ1) is 21.1. The van der Waals surface area contributed by atoms with E-state index in [4.69, 9.17) is 9.88 Å². The van der Waals surface area contributed by atoms with E-state index in [9.17, 15) is 13.2 Å². The zero-order valence-electron chi connectivity index (χ0n) is 16.5. The van der Waals surface area contributed by atoms with Gasteiger partial charge in [-0.3, -0.25) is 9.69 Å². The Labute approximate surface area is 171 Å². The van der Waals surface area contributed by atoms with Crippen molar-refractivity contribution in [3.8, 4) is 5.75 Å². The number of nitrogens with zero attached hydrogens (tertiary/aromatic N) is 2. The summed E-state index contributed by atoms with van der Waals surface area (Å²) in [6, 6.07) is 13.5. The number of ether oxygens (including phenoxy) is 1. The van der Waals surface area contributed by atoms with Crippen LogP contribution in [0.2, 0.25) is 0 Å². The molecule has 0 saturated carbocycles. The van der Waals surface area contributed by atoms with Gasteiger partial charge in [0.2, 0.25) is 15.9 Å². The lowest BCUT2D eigenvalue weighted by molar-refractivity contribution is -0.120. The summed E-state index contributed by atoms with van der Waals surface area (Å²) in [6.45, 7) is 5.02. The topological polar surface area (TPSA) is 105 Å². The summed E-state index contributed by atoms with van der Waals surface area (Å²) in [7, 11) is -2.10. The van der Waals surface area contributed by atoms with Gasteiger partial charge in [-0.15, -0.1) is 0 Å². The summed E-state index contributed by atoms with van der Waals surface area (Å²) in [6.07, 6.45) is 0. The normalized spacial score (nSPS) is 16.3. The van der Waals surface area contributed by atoms with Gasteiger partial charge in [-0.25, -0.2) is 13.6 Å². The third kappa shape index (κ3) is 5.26. The fraction of sp³-hybridized carbons (Fsp3) is 0.350. The number of primary sulfonamides is 1. The van der Waals surface area contributed by atoms with Crippen LogP contribution in [0.3, 0.4) is 0 Å². The van der Waals surface area contributed by atoms with Crippen LogP contribution in [0, 0.1) is 0 Å². The first-order valence-electron chi connectivity index (χ1n) is 9.35. The van der Waals surface area contributed by atoms with E-state index in [1.165, 1.54) is 24.3 Å². The summed E-state index contributed by atoms with van der Waals surface area (Å²) in [5.41, 5.74) is 1.64. The van der Waals surface area contributed by atoms with E-state index in [0.717, 1.165) is 37.6 Å². The minimum Gasteiger partial charge on any atom is -0.497 e. The maximum Gasteiger partial charge on any atom is 0.241 e. The lowest BCUT2D eigenvalue weighted by Crippen LogP contribution is -2.52. The number of methoxy groups -OCH3 is 1. The first-order valence-corrected chi connectivity index (χ1v) is 10.9. The number of hydrogen-bond donors (Lipinski definition) is 2. The largest absolute Gasteiger partial charge is 0.497 e. The Balaban J connectivity index is 1.55. The molecule has 2 aromatic carbocycles. The van der Waals surface area contributed by atoms with E-state index < -0.39 is 10.0 Å². The number of nitrogens with one attached hydrogen (secondary N) is 1. The van der Waals surface area contributed by atoms with Gasteiger partial charge in [0.1, 0.15) is 5.75 Å². The minimum atomic E-state index is -3.75. The molecule has 0 spiro atoms. The van der Waals surface area contributed by atoms with Gasteiger partial charge in [-0.05, 0) is 43.3 Å². The number of hydrogen-bond acceptors (Lipinski definition) is 6. The van der Waals surface area contributed by atoms with Gasteiger partial charge >= 0.3 is 0 Å². The van der Waals surface area contributed by atoms with Crippen LogP contribution in [0.1, 0.15) is 6.92 Å². The van der Waals surface area contributed by atoms with Gasteiger partial charge in [0.25, 0.3) is 0 Å². The van der Waals surface area contributed by atoms with Crippen LogP contribution in [-0.4, -0.2) is 58.6 Å². The van der Waals surface area contributed by atoms with Crippen LogP contribution in [0.5, 0.6) is 5.75 Å². The molecule has 3 N–H and O–H groups in total. The Hall–Kier alpha value is -2.62. The predicted octanol–water partition coefficient (Wildman–Crippen LogP) is 1.49. The quantitative estimate of drug-likeness (QED) is 0.737. The number of carbonyl (C=O) groups excluding carboxylic acids is 1. The molecule has 0 aliphatic carbocycles. The van der Waals surface area contributed by atoms with Crippen molar-refractivity contribution in [1.29, 1.82) is 0 Å². The zero-order chi connectivity index (χ0) is 21.0. The molecule has 1 unspecified atom stereocenters. The van der Waals surface area contributed by atoms with E-state index in [1.807, 2.05) is 25.1 Å². The molecule has 0 radical (unpaired) electrons. The lowest BCUT2D eigenvalue weighted by Gasteiger charge is -2.38. The average molecular weight is 419 g/mol. The van der Waals surface area contributed by atoms with Crippen LogP contribution in [-0.2, 0) is 14.8 Å². The first-order chi connectivity index (χ1) is 13.8. The Morgan fingerprint density at radius 2 is 1.76 bits per heavy atom. The number of amides is 1. The molecule has 156 valence electrons. The highest BCUT2D eigenvalue weighted by Crippen LogP contribution is 2.22. The molecular weight excluding hydrogens is 392 g/mol. The fourth-order valence-corrected chi connectivity index (χ4v) is 3.83. The standard InChI is InChI=1S/C20H26N4O4S/c1-15(20(25)22-16-6-8-19(9-7-16)29(21,26)27)23-10-12-24(13-11-23)17-4-3-5-18(14-17)28-2/h3-9,14-15H,10-13H2,1-2H3,(H,22,25)(H2,21,26,27). The molecule has 1 aliphatic heterocycles. The monoisotopic (exact) mass is 418 g/mol. The van der Waals surface area contributed by atoms with E-state index in [0.29, 0.717) is 5.69 Å². The van der Waals surface area contributed by atoms with Crippen molar-refractivity contribution in [3.05, 3.63) is 48.5 Å². The number of carbonyl (C=O) groups is 1. The summed E-state index contributed by atoms with van der Waals surface area (Å²) in [5.74, 6) is 0.689. The molecule has 2 aromatic rings. The number of sulfonamides is 1. The van der Waals surface area contributed by atoms with Crippen molar-refractivity contribution in [1.82, 2.24) is 4.90 Å². The lowest BCUT2D eigenvalue weighted by atomic mass is 10.2. The van der Waals surface area contributed by atoms with Crippen molar-refractivity contribution in [2.24, 2.45) is 5.14 Å². The van der Waals surface area contributed by atoms with E-state index in [-0.39, 0.29) is 16.8 Å². The molecule has 1 amide bonds. The molecule has 0 aromatic heterocycles. The molecule has 1 atom stereocenters. The average Bonchev–Trinajstić information content (AvgIpc) is 2.73. The van der Waals surface area contributed by atoms with Crippen LogP contribution >= 0.6 is 0 Å². The number of nitrogens with two attached hydrogens (primary N) is 1. The smallest absolute Gasteiger partial charge is 0.241 e. The summed E-state index contributed by atoms with van der Waals surface area (Å²) >= 11 is 0. The molecule has 1 aliphatic rings. The van der Waals surface area contributed by atoms with Gasteiger partial charge in [0.05, 0.1) is 18.0 Å². The molecule has 29 heavy (non-hydrogen) atoms. The molecule has 3 rings (SSSR count). The molecule has 1 heterocycles. The third-order valence-corrected chi connectivity index (χ3v) is 6.04. The third-order valence-electron chi connectivity index (χ3n) is 5.11.